The molecule has 0 aliphatic carbocycles. The van der Waals surface area contributed by atoms with Crippen molar-refractivity contribution in [2.24, 2.45) is 5.92 Å². The molecule has 1 N–H and O–H groups in total. The summed E-state index contributed by atoms with van der Waals surface area (Å²) in [5.41, 5.74) is 0.512. The van der Waals surface area contributed by atoms with Crippen LogP contribution in [0.5, 0.6) is 0 Å². The van der Waals surface area contributed by atoms with Gasteiger partial charge in [-0.25, -0.2) is 17.9 Å². The highest BCUT2D eigenvalue weighted by Gasteiger charge is 2.20. The highest BCUT2D eigenvalue weighted by Crippen LogP contribution is 2.12. The summed E-state index contributed by atoms with van der Waals surface area (Å²) >= 11 is 0. The fourth-order valence-corrected chi connectivity index (χ4v) is 2.70. The molecule has 1 aromatic rings. The zero-order valence-corrected chi connectivity index (χ0v) is 12.9. The van der Waals surface area contributed by atoms with E-state index in [-0.39, 0.29) is 23.1 Å². The second-order valence-electron chi connectivity index (χ2n) is 5.10. The van der Waals surface area contributed by atoms with Crippen LogP contribution in [0.4, 0.5) is 0 Å². The van der Waals surface area contributed by atoms with E-state index >= 15 is 0 Å². The van der Waals surface area contributed by atoms with Crippen LogP contribution >= 0.6 is 0 Å². The molecule has 0 spiro atoms. The Morgan fingerprint density at radius 2 is 2.05 bits per heavy atom. The average Bonchev–Trinajstić information content (AvgIpc) is 2.72. The SMILES string of the molecule is CCS(=O)(=O)CCCn1nnc(C(=O)O)c1CC(C)C. The fourth-order valence-electron chi connectivity index (χ4n) is 1.85. The largest absolute Gasteiger partial charge is 0.476 e. The van der Waals surface area contributed by atoms with Gasteiger partial charge in [-0.3, -0.25) is 0 Å². The molecule has 0 amide bonds. The van der Waals surface area contributed by atoms with Crippen LogP contribution < -0.4 is 0 Å². The predicted molar refractivity (Wildman–Crippen MR) is 74.5 cm³/mol. The number of rotatable bonds is 8. The second-order valence-corrected chi connectivity index (χ2v) is 7.57. The van der Waals surface area contributed by atoms with Crippen LogP contribution in [0.15, 0.2) is 0 Å². The third-order valence-electron chi connectivity index (χ3n) is 2.91. The predicted octanol–water partition coefficient (Wildman–Crippen LogP) is 1.000. The Labute approximate surface area is 118 Å². The standard InChI is InChI=1S/C12H21N3O4S/c1-4-20(18,19)7-5-6-15-10(8-9(2)3)11(12(16)17)13-14-15/h9H,4-8H2,1-3H3,(H,16,17). The highest BCUT2D eigenvalue weighted by atomic mass is 32.2. The zero-order valence-electron chi connectivity index (χ0n) is 12.0. The van der Waals surface area contributed by atoms with Crippen molar-refractivity contribution in [1.82, 2.24) is 15.0 Å². The van der Waals surface area contributed by atoms with Crippen molar-refractivity contribution in [1.29, 1.82) is 0 Å². The van der Waals surface area contributed by atoms with Gasteiger partial charge in [0.2, 0.25) is 0 Å². The maximum atomic E-state index is 11.4. The van der Waals surface area contributed by atoms with E-state index in [1.54, 1.807) is 6.92 Å². The summed E-state index contributed by atoms with van der Waals surface area (Å²) in [6.07, 6.45) is 0.957. The van der Waals surface area contributed by atoms with Crippen molar-refractivity contribution in [2.45, 2.75) is 40.2 Å². The van der Waals surface area contributed by atoms with Crippen molar-refractivity contribution in [2.75, 3.05) is 11.5 Å². The molecular weight excluding hydrogens is 282 g/mol. The Kier molecular flexibility index (Phi) is 5.67. The molecule has 0 bridgehead atoms. The molecule has 20 heavy (non-hydrogen) atoms. The minimum absolute atomic E-state index is 0.0444. The number of carboxylic acids is 1. The lowest BCUT2D eigenvalue weighted by Crippen LogP contribution is -2.15. The first-order valence-corrected chi connectivity index (χ1v) is 8.45. The van der Waals surface area contributed by atoms with Gasteiger partial charge in [-0.05, 0) is 18.8 Å². The molecule has 1 aromatic heterocycles. The molecule has 0 aliphatic rings. The zero-order chi connectivity index (χ0) is 15.3. The Bertz CT molecular complexity index is 563. The summed E-state index contributed by atoms with van der Waals surface area (Å²) in [5, 5.41) is 16.6. The van der Waals surface area contributed by atoms with Crippen molar-refractivity contribution >= 4 is 15.8 Å². The maximum absolute atomic E-state index is 11.4. The number of hydrogen-bond donors (Lipinski definition) is 1. The molecule has 1 rings (SSSR count). The number of sulfone groups is 1. The molecule has 0 aromatic carbocycles. The van der Waals surface area contributed by atoms with Gasteiger partial charge in [-0.15, -0.1) is 5.10 Å². The van der Waals surface area contributed by atoms with E-state index < -0.39 is 15.8 Å². The molecule has 0 radical (unpaired) electrons. The number of carbonyl (C=O) groups is 1. The molecule has 8 heteroatoms. The number of aromatic nitrogens is 3. The molecule has 0 atom stereocenters. The molecule has 0 unspecified atom stereocenters. The maximum Gasteiger partial charge on any atom is 0.358 e. The molecular formula is C12H21N3O4S. The Morgan fingerprint density at radius 3 is 2.55 bits per heavy atom. The summed E-state index contributed by atoms with van der Waals surface area (Å²) in [5.74, 6) is -0.644. The second kappa shape index (κ2) is 6.83. The normalized spacial score (nSPS) is 12.0. The lowest BCUT2D eigenvalue weighted by Gasteiger charge is -2.09. The van der Waals surface area contributed by atoms with Crippen molar-refractivity contribution in [3.63, 3.8) is 0 Å². The third kappa shape index (κ3) is 4.59. The Hall–Kier alpha value is -1.44. The monoisotopic (exact) mass is 303 g/mol. The first kappa shape index (κ1) is 16.6. The molecule has 114 valence electrons. The smallest absolute Gasteiger partial charge is 0.358 e. The molecule has 0 saturated carbocycles. The van der Waals surface area contributed by atoms with Crippen LogP contribution in [0.2, 0.25) is 0 Å². The van der Waals surface area contributed by atoms with Crippen LogP contribution in [-0.2, 0) is 22.8 Å². The highest BCUT2D eigenvalue weighted by molar-refractivity contribution is 7.91. The van der Waals surface area contributed by atoms with Gasteiger partial charge in [0, 0.05) is 12.3 Å². The van der Waals surface area contributed by atoms with Gasteiger partial charge in [0.15, 0.2) is 5.69 Å². The molecule has 0 saturated heterocycles. The van der Waals surface area contributed by atoms with Crippen molar-refractivity contribution in [3.05, 3.63) is 11.4 Å². The van der Waals surface area contributed by atoms with E-state index in [1.165, 1.54) is 4.68 Å². The first-order chi connectivity index (χ1) is 9.26. The first-order valence-electron chi connectivity index (χ1n) is 6.63. The summed E-state index contributed by atoms with van der Waals surface area (Å²) in [7, 11) is -3.01. The number of aromatic carboxylic acids is 1. The Balaban J connectivity index is 2.82. The fraction of sp³-hybridized carbons (Fsp3) is 0.750. The van der Waals surface area contributed by atoms with E-state index in [1.807, 2.05) is 13.8 Å². The van der Waals surface area contributed by atoms with Gasteiger partial charge in [0.05, 0.1) is 11.4 Å². The van der Waals surface area contributed by atoms with Gasteiger partial charge in [0.1, 0.15) is 9.84 Å². The number of nitrogens with zero attached hydrogens (tertiary/aromatic N) is 3. The minimum Gasteiger partial charge on any atom is -0.476 e. The summed E-state index contributed by atoms with van der Waals surface area (Å²) in [6, 6.07) is 0. The topological polar surface area (TPSA) is 102 Å². The van der Waals surface area contributed by atoms with Gasteiger partial charge < -0.3 is 5.11 Å². The Morgan fingerprint density at radius 1 is 1.40 bits per heavy atom. The number of carboxylic acid groups (broad SMARTS) is 1. The van der Waals surface area contributed by atoms with Crippen LogP contribution in [0.25, 0.3) is 0 Å². The van der Waals surface area contributed by atoms with Gasteiger partial charge >= 0.3 is 5.97 Å². The van der Waals surface area contributed by atoms with Crippen LogP contribution in [0, 0.1) is 5.92 Å². The van der Waals surface area contributed by atoms with Crippen LogP contribution in [-0.4, -0.2) is 46.0 Å². The summed E-state index contributed by atoms with van der Waals surface area (Å²) in [4.78, 5) is 11.1. The summed E-state index contributed by atoms with van der Waals surface area (Å²) < 4.78 is 24.4. The lowest BCUT2D eigenvalue weighted by atomic mass is 10.1. The molecule has 7 nitrogen and oxygen atoms in total. The van der Waals surface area contributed by atoms with Crippen molar-refractivity contribution in [3.8, 4) is 0 Å². The minimum atomic E-state index is -3.01. The van der Waals surface area contributed by atoms with E-state index in [2.05, 4.69) is 10.3 Å². The van der Waals surface area contributed by atoms with E-state index in [9.17, 15) is 13.2 Å². The van der Waals surface area contributed by atoms with Gasteiger partial charge in [-0.1, -0.05) is 26.0 Å². The lowest BCUT2D eigenvalue weighted by molar-refractivity contribution is 0.0689. The summed E-state index contributed by atoms with van der Waals surface area (Å²) in [6.45, 7) is 5.92. The van der Waals surface area contributed by atoms with Crippen LogP contribution in [0.1, 0.15) is 43.4 Å². The number of aryl methyl sites for hydroxylation is 1. The molecule has 1 heterocycles. The van der Waals surface area contributed by atoms with E-state index in [4.69, 9.17) is 5.11 Å². The number of hydrogen-bond acceptors (Lipinski definition) is 5. The van der Waals surface area contributed by atoms with E-state index in [0.29, 0.717) is 25.1 Å². The van der Waals surface area contributed by atoms with Crippen molar-refractivity contribution < 1.29 is 18.3 Å². The van der Waals surface area contributed by atoms with Crippen LogP contribution in [0.3, 0.4) is 0 Å². The molecule has 0 aliphatic heterocycles. The quantitative estimate of drug-likeness (QED) is 0.768. The molecule has 0 fully saturated rings. The third-order valence-corrected chi connectivity index (χ3v) is 4.70. The van der Waals surface area contributed by atoms with E-state index in [0.717, 1.165) is 0 Å². The average molecular weight is 303 g/mol. The van der Waals surface area contributed by atoms with Gasteiger partial charge in [0.25, 0.3) is 0 Å². The van der Waals surface area contributed by atoms with Gasteiger partial charge in [-0.2, -0.15) is 0 Å².